The number of hydrogen-bond acceptors (Lipinski definition) is 6. The number of hydrogen-bond donors (Lipinski definition) is 4. The van der Waals surface area contributed by atoms with Crippen LogP contribution in [0.2, 0.25) is 0 Å². The molecule has 8 atom stereocenters. The molecule has 0 spiro atoms. The smallest absolute Gasteiger partial charge is 0.309 e. The van der Waals surface area contributed by atoms with Crippen LogP contribution in [0, 0.1) is 40.4 Å². The van der Waals surface area contributed by atoms with E-state index in [0.717, 1.165) is 12.8 Å². The lowest BCUT2D eigenvalue weighted by Gasteiger charge is -2.71. The normalized spacial score (nSPS) is 44.4. The van der Waals surface area contributed by atoms with Crippen molar-refractivity contribution in [2.24, 2.45) is 33.5 Å². The maximum absolute atomic E-state index is 14.4. The van der Waals surface area contributed by atoms with Crippen molar-refractivity contribution < 1.29 is 37.9 Å². The molecule has 3 fully saturated rings. The first-order valence-electron chi connectivity index (χ1n) is 13.6. The molecule has 3 saturated carbocycles. The Labute approximate surface area is 224 Å². The quantitative estimate of drug-likeness (QED) is 0.288. The zero-order valence-corrected chi connectivity index (χ0v) is 23.9. The highest BCUT2D eigenvalue weighted by molar-refractivity contribution is 7.86. The Morgan fingerprint density at radius 2 is 1.53 bits per heavy atom. The van der Waals surface area contributed by atoms with Gasteiger partial charge in [0, 0.05) is 11.3 Å². The molecule has 0 saturated heterocycles. The van der Waals surface area contributed by atoms with E-state index in [-0.39, 0.29) is 28.2 Å². The highest BCUT2D eigenvalue weighted by Crippen LogP contribution is 2.75. The number of aromatic hydroxyl groups is 2. The number of phenolic OH excluding ortho intramolecular Hbond substituents is 2. The first kappa shape index (κ1) is 27.4. The van der Waals surface area contributed by atoms with Crippen LogP contribution in [0.15, 0.2) is 6.07 Å². The second-order valence-corrected chi connectivity index (χ2v) is 15.6. The van der Waals surface area contributed by atoms with Crippen LogP contribution < -0.4 is 0 Å². The summed E-state index contributed by atoms with van der Waals surface area (Å²) in [6.07, 6.45) is 4.57. The molecule has 4 N–H and O–H groups in total. The van der Waals surface area contributed by atoms with Gasteiger partial charge in [0.15, 0.2) is 22.5 Å². The highest BCUT2D eigenvalue weighted by atomic mass is 32.2. The number of aliphatic carboxylic acids is 1. The number of phenols is 2. The maximum atomic E-state index is 14.4. The van der Waals surface area contributed by atoms with Crippen LogP contribution in [0.4, 0.5) is 0 Å². The summed E-state index contributed by atoms with van der Waals surface area (Å²) in [6.45, 7) is 11.7. The van der Waals surface area contributed by atoms with E-state index in [1.165, 1.54) is 13.0 Å². The van der Waals surface area contributed by atoms with Crippen molar-refractivity contribution in [2.45, 2.75) is 97.2 Å². The van der Waals surface area contributed by atoms with E-state index in [4.69, 9.17) is 0 Å². The molecule has 0 bridgehead atoms. The van der Waals surface area contributed by atoms with Crippen molar-refractivity contribution in [1.29, 1.82) is 0 Å². The third-order valence-electron chi connectivity index (χ3n) is 12.3. The van der Waals surface area contributed by atoms with Crippen LogP contribution in [0.5, 0.6) is 11.5 Å². The Bertz CT molecular complexity index is 1370. The predicted molar refractivity (Wildman–Crippen MR) is 141 cm³/mol. The Kier molecular flexibility index (Phi) is 5.59. The molecule has 38 heavy (non-hydrogen) atoms. The number of carbonyl (C=O) groups is 2. The number of rotatable bonds is 2. The van der Waals surface area contributed by atoms with Crippen LogP contribution in [0.1, 0.15) is 102 Å². The van der Waals surface area contributed by atoms with Gasteiger partial charge in [0.25, 0.3) is 10.1 Å². The molecule has 4 aliphatic rings. The fourth-order valence-corrected chi connectivity index (χ4v) is 10.7. The Hall–Kier alpha value is -2.13. The monoisotopic (exact) mass is 548 g/mol. The molecule has 0 amide bonds. The molecule has 9 heteroatoms. The lowest BCUT2D eigenvalue weighted by atomic mass is 9.32. The van der Waals surface area contributed by atoms with Crippen molar-refractivity contribution >= 4 is 21.9 Å². The molecular weight excluding hydrogens is 508 g/mol. The fourth-order valence-electron chi connectivity index (χ4n) is 9.67. The zero-order valence-electron chi connectivity index (χ0n) is 23.1. The number of carbonyl (C=O) groups excluding carboxylic acids is 1. The van der Waals surface area contributed by atoms with Crippen molar-refractivity contribution in [1.82, 2.24) is 0 Å². The number of Topliss-reactive ketones (excluding diaryl/α,β-unsaturated/α-hetero) is 1. The van der Waals surface area contributed by atoms with E-state index in [2.05, 4.69) is 20.8 Å². The van der Waals surface area contributed by atoms with Crippen LogP contribution in [-0.2, 0) is 25.1 Å². The molecular formula is C29H40O8S. The predicted octanol–water partition coefficient (Wildman–Crippen LogP) is 5.29. The molecule has 8 nitrogen and oxygen atoms in total. The first-order valence-corrected chi connectivity index (χ1v) is 15.1. The SMILES string of the molecule is Cc1c(O)c(O)cc2c1C(S(=O)(=O)O)C(=O)C1[C@@]2(C)CC[C@@]2(C)C3C[C@](C)(C(=O)O)CC[C@]3(C)CC[C@]12C. The number of fused-ring (bicyclic) bond motifs is 7. The summed E-state index contributed by atoms with van der Waals surface area (Å²) in [6, 6.07) is 1.37. The van der Waals surface area contributed by atoms with Crippen LogP contribution in [0.3, 0.4) is 0 Å². The summed E-state index contributed by atoms with van der Waals surface area (Å²) in [5.41, 5.74) is -2.30. The van der Waals surface area contributed by atoms with Crippen molar-refractivity contribution in [3.8, 4) is 11.5 Å². The van der Waals surface area contributed by atoms with E-state index >= 15 is 0 Å². The summed E-state index contributed by atoms with van der Waals surface area (Å²) in [5, 5.41) is 29.3. The summed E-state index contributed by atoms with van der Waals surface area (Å²) in [4.78, 5) is 26.7. The molecule has 0 aromatic heterocycles. The van der Waals surface area contributed by atoms with E-state index in [9.17, 15) is 37.9 Å². The Balaban J connectivity index is 1.74. The van der Waals surface area contributed by atoms with Gasteiger partial charge in [-0.15, -0.1) is 0 Å². The third-order valence-corrected chi connectivity index (χ3v) is 13.3. The van der Waals surface area contributed by atoms with Gasteiger partial charge in [0.1, 0.15) is 0 Å². The van der Waals surface area contributed by atoms with Gasteiger partial charge in [-0.25, -0.2) is 0 Å². The van der Waals surface area contributed by atoms with Crippen LogP contribution >= 0.6 is 0 Å². The molecule has 3 unspecified atom stereocenters. The topological polar surface area (TPSA) is 149 Å². The first-order chi connectivity index (χ1) is 17.3. The summed E-state index contributed by atoms with van der Waals surface area (Å²) in [7, 11) is -4.89. The molecule has 0 heterocycles. The second-order valence-electron chi connectivity index (χ2n) is 14.1. The highest BCUT2D eigenvalue weighted by Gasteiger charge is 2.72. The summed E-state index contributed by atoms with van der Waals surface area (Å²) < 4.78 is 36.0. The van der Waals surface area contributed by atoms with E-state index in [1.54, 1.807) is 0 Å². The lowest BCUT2D eigenvalue weighted by Crippen LogP contribution is -2.68. The average molecular weight is 549 g/mol. The second kappa shape index (κ2) is 7.74. The van der Waals surface area contributed by atoms with Gasteiger partial charge in [-0.05, 0) is 104 Å². The molecule has 0 radical (unpaired) electrons. The average Bonchev–Trinajstić information content (AvgIpc) is 2.80. The maximum Gasteiger partial charge on any atom is 0.309 e. The number of carboxylic acid groups (broad SMARTS) is 1. The van der Waals surface area contributed by atoms with Gasteiger partial charge >= 0.3 is 5.97 Å². The van der Waals surface area contributed by atoms with Crippen LogP contribution in [0.25, 0.3) is 0 Å². The molecule has 4 aliphatic carbocycles. The Morgan fingerprint density at radius 1 is 0.947 bits per heavy atom. The zero-order chi connectivity index (χ0) is 28.4. The number of benzene rings is 1. The molecule has 1 aromatic rings. The standard InChI is InChI=1S/C29H40O8S/c1-15-19-16(13-17(30)20(15)31)27(4)10-12-28(5)18-14-26(3,24(33)34)8-7-25(18,2)9-11-29(28,6)23(27)21(32)22(19)38(35,36)37/h13,18,22-23,30-31H,7-12,14H2,1-6H3,(H,33,34)(H,35,36,37)/t18?,22?,23?,25-,26-,27+,28+,29-/m1/s1. The third kappa shape index (κ3) is 3.20. The van der Waals surface area contributed by atoms with Gasteiger partial charge in [-0.3, -0.25) is 14.1 Å². The number of ketones is 1. The molecule has 1 aromatic carbocycles. The van der Waals surface area contributed by atoms with E-state index < -0.39 is 60.4 Å². The minimum Gasteiger partial charge on any atom is -0.504 e. The molecule has 5 rings (SSSR count). The van der Waals surface area contributed by atoms with Crippen molar-refractivity contribution in [3.05, 3.63) is 22.8 Å². The number of carboxylic acids is 1. The van der Waals surface area contributed by atoms with Gasteiger partial charge in [-0.1, -0.05) is 27.7 Å². The Morgan fingerprint density at radius 3 is 2.11 bits per heavy atom. The van der Waals surface area contributed by atoms with Crippen molar-refractivity contribution in [3.63, 3.8) is 0 Å². The fraction of sp³-hybridized carbons (Fsp3) is 0.724. The van der Waals surface area contributed by atoms with Crippen LogP contribution in [-0.4, -0.2) is 40.0 Å². The largest absolute Gasteiger partial charge is 0.504 e. The van der Waals surface area contributed by atoms with Crippen molar-refractivity contribution in [2.75, 3.05) is 0 Å². The summed E-state index contributed by atoms with van der Waals surface area (Å²) in [5.74, 6) is -3.03. The summed E-state index contributed by atoms with van der Waals surface area (Å²) >= 11 is 0. The van der Waals surface area contributed by atoms with Gasteiger partial charge < -0.3 is 15.3 Å². The lowest BCUT2D eigenvalue weighted by molar-refractivity contribution is -0.212. The van der Waals surface area contributed by atoms with Gasteiger partial charge in [-0.2, -0.15) is 8.42 Å². The minimum absolute atomic E-state index is 0.0153. The van der Waals surface area contributed by atoms with Gasteiger partial charge in [0.05, 0.1) is 5.41 Å². The van der Waals surface area contributed by atoms with E-state index in [1.807, 2.05) is 13.8 Å². The van der Waals surface area contributed by atoms with E-state index in [0.29, 0.717) is 37.7 Å². The molecule has 210 valence electrons. The van der Waals surface area contributed by atoms with Gasteiger partial charge in [0.2, 0.25) is 0 Å². The molecule has 0 aliphatic heterocycles. The minimum atomic E-state index is -4.89.